The Morgan fingerprint density at radius 3 is 2.24 bits per heavy atom. The number of hydrogen-bond donors (Lipinski definition) is 2. The second-order valence-corrected chi connectivity index (χ2v) is 4.53. The van der Waals surface area contributed by atoms with Crippen molar-refractivity contribution < 1.29 is 14.7 Å². The van der Waals surface area contributed by atoms with E-state index in [9.17, 15) is 9.59 Å². The Hall–Kier alpha value is -2.82. The third kappa shape index (κ3) is 3.60. The van der Waals surface area contributed by atoms with E-state index in [0.29, 0.717) is 16.9 Å². The van der Waals surface area contributed by atoms with E-state index in [1.165, 1.54) is 4.90 Å². The van der Waals surface area contributed by atoms with Gasteiger partial charge in [0.1, 0.15) is 0 Å². The van der Waals surface area contributed by atoms with Crippen LogP contribution in [-0.4, -0.2) is 23.5 Å². The quantitative estimate of drug-likeness (QED) is 0.826. The lowest BCUT2D eigenvalue weighted by Gasteiger charge is -2.23. The molecule has 1 amide bonds. The van der Waals surface area contributed by atoms with Crippen molar-refractivity contribution in [3.63, 3.8) is 0 Å². The van der Waals surface area contributed by atoms with E-state index in [1.54, 1.807) is 48.5 Å². The average Bonchev–Trinajstić information content (AvgIpc) is 2.49. The van der Waals surface area contributed by atoms with E-state index in [-0.39, 0.29) is 18.9 Å². The van der Waals surface area contributed by atoms with Gasteiger partial charge in [0.15, 0.2) is 0 Å². The first-order chi connectivity index (χ1) is 10.1. The molecular weight excluding hydrogens is 268 g/mol. The Bertz CT molecular complexity index is 641. The Kier molecular flexibility index (Phi) is 4.56. The van der Waals surface area contributed by atoms with Crippen LogP contribution in [0.15, 0.2) is 54.6 Å². The fraction of sp³-hybridized carbons (Fsp3) is 0.125. The number of benzene rings is 2. The molecule has 2 aromatic carbocycles. The maximum Gasteiger partial charge on any atom is 0.305 e. The molecule has 0 radical (unpaired) electrons. The van der Waals surface area contributed by atoms with Gasteiger partial charge < -0.3 is 15.7 Å². The molecule has 0 atom stereocenters. The van der Waals surface area contributed by atoms with Gasteiger partial charge in [0.2, 0.25) is 0 Å². The van der Waals surface area contributed by atoms with Gasteiger partial charge in [-0.3, -0.25) is 9.59 Å². The van der Waals surface area contributed by atoms with Gasteiger partial charge in [-0.1, -0.05) is 30.3 Å². The third-order valence-corrected chi connectivity index (χ3v) is 3.04. The summed E-state index contributed by atoms with van der Waals surface area (Å²) < 4.78 is 0. The van der Waals surface area contributed by atoms with Crippen molar-refractivity contribution in [1.82, 2.24) is 0 Å². The van der Waals surface area contributed by atoms with Gasteiger partial charge in [-0.15, -0.1) is 0 Å². The monoisotopic (exact) mass is 284 g/mol. The third-order valence-electron chi connectivity index (χ3n) is 3.04. The first kappa shape index (κ1) is 14.6. The van der Waals surface area contributed by atoms with Gasteiger partial charge in [-0.05, 0) is 24.3 Å². The van der Waals surface area contributed by atoms with Crippen molar-refractivity contribution in [1.29, 1.82) is 0 Å². The standard InChI is InChI=1S/C16H16N2O3/c17-13-8-4-5-9-14(13)18(11-10-15(19)20)16(21)12-6-2-1-3-7-12/h1-9H,10-11,17H2,(H,19,20). The van der Waals surface area contributed by atoms with E-state index in [2.05, 4.69) is 0 Å². The number of nitrogens with zero attached hydrogens (tertiary/aromatic N) is 1. The van der Waals surface area contributed by atoms with Gasteiger partial charge in [-0.25, -0.2) is 0 Å². The van der Waals surface area contributed by atoms with Gasteiger partial charge >= 0.3 is 5.97 Å². The molecule has 0 aliphatic carbocycles. The van der Waals surface area contributed by atoms with Crippen LogP contribution in [0.1, 0.15) is 16.8 Å². The van der Waals surface area contributed by atoms with Gasteiger partial charge in [-0.2, -0.15) is 0 Å². The number of para-hydroxylation sites is 2. The Morgan fingerprint density at radius 2 is 1.62 bits per heavy atom. The predicted octanol–water partition coefficient (Wildman–Crippen LogP) is 2.39. The maximum absolute atomic E-state index is 12.6. The highest BCUT2D eigenvalue weighted by Crippen LogP contribution is 2.24. The highest BCUT2D eigenvalue weighted by Gasteiger charge is 2.20. The molecule has 5 heteroatoms. The Labute approximate surface area is 122 Å². The highest BCUT2D eigenvalue weighted by molar-refractivity contribution is 6.07. The average molecular weight is 284 g/mol. The minimum absolute atomic E-state index is 0.0667. The molecule has 0 aromatic heterocycles. The van der Waals surface area contributed by atoms with E-state index in [4.69, 9.17) is 10.8 Å². The molecule has 0 saturated carbocycles. The number of carboxylic acids is 1. The number of aliphatic carboxylic acids is 1. The lowest BCUT2D eigenvalue weighted by molar-refractivity contribution is -0.136. The summed E-state index contributed by atoms with van der Waals surface area (Å²) in [4.78, 5) is 24.8. The summed E-state index contributed by atoms with van der Waals surface area (Å²) in [6.07, 6.45) is -0.146. The topological polar surface area (TPSA) is 83.6 Å². The Balaban J connectivity index is 2.34. The zero-order valence-corrected chi connectivity index (χ0v) is 11.4. The van der Waals surface area contributed by atoms with Crippen molar-refractivity contribution in [3.8, 4) is 0 Å². The zero-order valence-electron chi connectivity index (χ0n) is 11.4. The summed E-state index contributed by atoms with van der Waals surface area (Å²) in [7, 11) is 0. The zero-order chi connectivity index (χ0) is 15.2. The van der Waals surface area contributed by atoms with Crippen LogP contribution in [0, 0.1) is 0 Å². The van der Waals surface area contributed by atoms with Gasteiger partial charge in [0, 0.05) is 12.1 Å². The summed E-state index contributed by atoms with van der Waals surface area (Å²) >= 11 is 0. The minimum atomic E-state index is -0.963. The molecule has 0 spiro atoms. The number of hydrogen-bond acceptors (Lipinski definition) is 3. The van der Waals surface area contributed by atoms with E-state index in [1.807, 2.05) is 6.07 Å². The molecule has 108 valence electrons. The maximum atomic E-state index is 12.6. The van der Waals surface area contributed by atoms with Crippen molar-refractivity contribution in [2.75, 3.05) is 17.2 Å². The van der Waals surface area contributed by atoms with Crippen LogP contribution in [0.5, 0.6) is 0 Å². The molecule has 5 nitrogen and oxygen atoms in total. The summed E-state index contributed by atoms with van der Waals surface area (Å²) in [6, 6.07) is 15.6. The van der Waals surface area contributed by atoms with E-state index >= 15 is 0 Å². The van der Waals surface area contributed by atoms with E-state index in [0.717, 1.165) is 0 Å². The molecule has 0 aliphatic rings. The van der Waals surface area contributed by atoms with Crippen LogP contribution in [0.25, 0.3) is 0 Å². The Morgan fingerprint density at radius 1 is 1.00 bits per heavy atom. The van der Waals surface area contributed by atoms with Crippen molar-refractivity contribution in [2.45, 2.75) is 6.42 Å². The highest BCUT2D eigenvalue weighted by atomic mass is 16.4. The van der Waals surface area contributed by atoms with Crippen molar-refractivity contribution in [3.05, 3.63) is 60.2 Å². The number of carbonyl (C=O) groups is 2. The second kappa shape index (κ2) is 6.56. The number of anilines is 2. The largest absolute Gasteiger partial charge is 0.481 e. The van der Waals surface area contributed by atoms with Crippen LogP contribution in [0.4, 0.5) is 11.4 Å². The number of amides is 1. The molecule has 0 saturated heterocycles. The van der Waals surface area contributed by atoms with E-state index < -0.39 is 5.97 Å². The molecule has 0 heterocycles. The van der Waals surface area contributed by atoms with Crippen LogP contribution in [0.2, 0.25) is 0 Å². The lowest BCUT2D eigenvalue weighted by Crippen LogP contribution is -2.33. The molecule has 0 fully saturated rings. The first-order valence-electron chi connectivity index (χ1n) is 6.53. The summed E-state index contributed by atoms with van der Waals surface area (Å²) in [5, 5.41) is 8.86. The first-order valence-corrected chi connectivity index (χ1v) is 6.53. The molecule has 0 bridgehead atoms. The van der Waals surface area contributed by atoms with Crippen LogP contribution in [-0.2, 0) is 4.79 Å². The van der Waals surface area contributed by atoms with Crippen molar-refractivity contribution >= 4 is 23.3 Å². The van der Waals surface area contributed by atoms with Crippen LogP contribution < -0.4 is 10.6 Å². The predicted molar refractivity (Wildman–Crippen MR) is 81.2 cm³/mol. The van der Waals surface area contributed by atoms with Gasteiger partial charge in [0.25, 0.3) is 5.91 Å². The fourth-order valence-electron chi connectivity index (χ4n) is 2.01. The van der Waals surface area contributed by atoms with Crippen molar-refractivity contribution in [2.24, 2.45) is 0 Å². The number of nitrogen functional groups attached to an aromatic ring is 1. The molecule has 0 aliphatic heterocycles. The number of rotatable bonds is 5. The molecule has 21 heavy (non-hydrogen) atoms. The minimum Gasteiger partial charge on any atom is -0.481 e. The normalized spacial score (nSPS) is 10.1. The summed E-state index contributed by atoms with van der Waals surface area (Å²) in [5.41, 5.74) is 7.35. The fourth-order valence-corrected chi connectivity index (χ4v) is 2.01. The number of nitrogens with two attached hydrogens (primary N) is 1. The van der Waals surface area contributed by atoms with Gasteiger partial charge in [0.05, 0.1) is 17.8 Å². The smallest absolute Gasteiger partial charge is 0.305 e. The molecule has 2 aromatic rings. The summed E-state index contributed by atoms with van der Waals surface area (Å²) in [6.45, 7) is 0.0667. The molecule has 2 rings (SSSR count). The van der Waals surface area contributed by atoms with Crippen LogP contribution >= 0.6 is 0 Å². The summed E-state index contributed by atoms with van der Waals surface area (Å²) in [5.74, 6) is -1.23. The molecule has 0 unspecified atom stereocenters. The van der Waals surface area contributed by atoms with Crippen LogP contribution in [0.3, 0.4) is 0 Å². The SMILES string of the molecule is Nc1ccccc1N(CCC(=O)O)C(=O)c1ccccc1. The number of carboxylic acid groups (broad SMARTS) is 1. The second-order valence-electron chi connectivity index (χ2n) is 4.53. The molecule has 3 N–H and O–H groups in total. The lowest BCUT2D eigenvalue weighted by atomic mass is 10.1. The number of carbonyl (C=O) groups excluding carboxylic acids is 1. The molecular formula is C16H16N2O3.